The van der Waals surface area contributed by atoms with Crippen molar-refractivity contribution in [2.75, 3.05) is 6.54 Å². The van der Waals surface area contributed by atoms with Crippen LogP contribution in [0.15, 0.2) is 22.9 Å². The minimum Gasteiger partial charge on any atom is -0.341 e. The minimum absolute atomic E-state index is 0.640. The van der Waals surface area contributed by atoms with Gasteiger partial charge >= 0.3 is 0 Å². The summed E-state index contributed by atoms with van der Waals surface area (Å²) in [7, 11) is 0. The van der Waals surface area contributed by atoms with E-state index < -0.39 is 0 Å². The van der Waals surface area contributed by atoms with Crippen molar-refractivity contribution in [1.82, 2.24) is 20.0 Å². The molecule has 0 saturated heterocycles. The summed E-state index contributed by atoms with van der Waals surface area (Å²) in [5.41, 5.74) is 1.23. The van der Waals surface area contributed by atoms with E-state index in [1.807, 2.05) is 19.2 Å². The van der Waals surface area contributed by atoms with E-state index in [1.165, 1.54) is 5.69 Å². The predicted octanol–water partition coefficient (Wildman–Crippen LogP) is 1.59. The number of nitrogens with zero attached hydrogens (tertiary/aromatic N) is 3. The van der Waals surface area contributed by atoms with Crippen LogP contribution in [0.25, 0.3) is 0 Å². The quantitative estimate of drug-likeness (QED) is 0.824. The third-order valence-corrected chi connectivity index (χ3v) is 2.61. The molecule has 2 heterocycles. The monoisotopic (exact) mass is 234 g/mol. The van der Waals surface area contributed by atoms with E-state index in [1.54, 1.807) is 0 Å². The molecule has 0 unspecified atom stereocenters. The zero-order chi connectivity index (χ0) is 12.1. The van der Waals surface area contributed by atoms with Gasteiger partial charge in [-0.1, -0.05) is 19.0 Å². The van der Waals surface area contributed by atoms with Gasteiger partial charge in [0, 0.05) is 24.9 Å². The first-order valence-corrected chi connectivity index (χ1v) is 5.99. The van der Waals surface area contributed by atoms with E-state index in [-0.39, 0.29) is 0 Å². The largest absolute Gasteiger partial charge is 0.341 e. The van der Waals surface area contributed by atoms with E-state index in [2.05, 4.69) is 33.0 Å². The second-order valence-electron chi connectivity index (χ2n) is 3.87. The van der Waals surface area contributed by atoms with Gasteiger partial charge in [-0.3, -0.25) is 0 Å². The maximum absolute atomic E-state index is 5.19. The first kappa shape index (κ1) is 11.9. The highest BCUT2D eigenvalue weighted by Gasteiger charge is 2.07. The van der Waals surface area contributed by atoms with Crippen molar-refractivity contribution in [2.24, 2.45) is 0 Å². The first-order chi connectivity index (χ1) is 8.33. The van der Waals surface area contributed by atoms with Crippen molar-refractivity contribution in [3.8, 4) is 0 Å². The van der Waals surface area contributed by atoms with Crippen molar-refractivity contribution >= 4 is 0 Å². The lowest BCUT2D eigenvalue weighted by atomic mass is 10.4. The van der Waals surface area contributed by atoms with Crippen molar-refractivity contribution in [3.05, 3.63) is 35.7 Å². The minimum atomic E-state index is 0.640. The molecular formula is C12H18N4O. The van der Waals surface area contributed by atoms with Crippen LogP contribution in [-0.4, -0.2) is 21.3 Å². The number of nitrogens with one attached hydrogen (secondary N) is 1. The Morgan fingerprint density at radius 3 is 3.00 bits per heavy atom. The van der Waals surface area contributed by atoms with Crippen LogP contribution in [-0.2, 0) is 19.5 Å². The Labute approximate surface area is 101 Å². The van der Waals surface area contributed by atoms with Gasteiger partial charge < -0.3 is 14.4 Å². The first-order valence-electron chi connectivity index (χ1n) is 5.99. The molecule has 0 aliphatic heterocycles. The second kappa shape index (κ2) is 5.63. The lowest BCUT2D eigenvalue weighted by Gasteiger charge is -2.06. The van der Waals surface area contributed by atoms with Gasteiger partial charge in [-0.2, -0.15) is 4.98 Å². The predicted molar refractivity (Wildman–Crippen MR) is 64.6 cm³/mol. The molecule has 0 aliphatic rings. The van der Waals surface area contributed by atoms with Gasteiger partial charge in [-0.05, 0) is 18.7 Å². The van der Waals surface area contributed by atoms with E-state index in [0.717, 1.165) is 25.3 Å². The smallest absolute Gasteiger partial charge is 0.246 e. The fourth-order valence-electron chi connectivity index (χ4n) is 1.66. The van der Waals surface area contributed by atoms with Crippen molar-refractivity contribution in [2.45, 2.75) is 33.4 Å². The maximum Gasteiger partial charge on any atom is 0.246 e. The van der Waals surface area contributed by atoms with Gasteiger partial charge in [-0.25, -0.2) is 0 Å². The summed E-state index contributed by atoms with van der Waals surface area (Å²) < 4.78 is 7.31. The molecule has 0 bridgehead atoms. The van der Waals surface area contributed by atoms with E-state index in [4.69, 9.17) is 4.52 Å². The van der Waals surface area contributed by atoms with Crippen LogP contribution in [0.5, 0.6) is 0 Å². The summed E-state index contributed by atoms with van der Waals surface area (Å²) >= 11 is 0. The van der Waals surface area contributed by atoms with Crippen molar-refractivity contribution in [1.29, 1.82) is 0 Å². The second-order valence-corrected chi connectivity index (χ2v) is 3.87. The van der Waals surface area contributed by atoms with Gasteiger partial charge in [0.2, 0.25) is 5.89 Å². The van der Waals surface area contributed by atoms with Crippen molar-refractivity contribution in [3.63, 3.8) is 0 Å². The fraction of sp³-hybridized carbons (Fsp3) is 0.500. The lowest BCUT2D eigenvalue weighted by Crippen LogP contribution is -2.15. The SMILES string of the molecule is CCNCc1cccn1Cc1nc(CC)no1. The van der Waals surface area contributed by atoms with Gasteiger partial charge in [-0.15, -0.1) is 0 Å². The third-order valence-electron chi connectivity index (χ3n) is 2.61. The van der Waals surface area contributed by atoms with Crippen LogP contribution >= 0.6 is 0 Å². The Bertz CT molecular complexity index is 461. The molecule has 2 aromatic rings. The summed E-state index contributed by atoms with van der Waals surface area (Å²) in [6.07, 6.45) is 2.84. The van der Waals surface area contributed by atoms with E-state index in [9.17, 15) is 0 Å². The molecule has 0 spiro atoms. The fourth-order valence-corrected chi connectivity index (χ4v) is 1.66. The number of hydrogen-bond donors (Lipinski definition) is 1. The Morgan fingerprint density at radius 1 is 1.41 bits per heavy atom. The molecule has 2 rings (SSSR count). The lowest BCUT2D eigenvalue weighted by molar-refractivity contribution is 0.365. The topological polar surface area (TPSA) is 55.9 Å². The van der Waals surface area contributed by atoms with Crippen LogP contribution < -0.4 is 5.32 Å². The Morgan fingerprint density at radius 2 is 2.29 bits per heavy atom. The van der Waals surface area contributed by atoms with Crippen molar-refractivity contribution < 1.29 is 4.52 Å². The van der Waals surface area contributed by atoms with E-state index >= 15 is 0 Å². The number of aromatic nitrogens is 3. The summed E-state index contributed by atoms with van der Waals surface area (Å²) in [6, 6.07) is 4.13. The molecule has 0 radical (unpaired) electrons. The Kier molecular flexibility index (Phi) is 3.93. The van der Waals surface area contributed by atoms with Crippen LogP contribution in [0.1, 0.15) is 31.3 Å². The Balaban J connectivity index is 2.04. The number of hydrogen-bond acceptors (Lipinski definition) is 4. The van der Waals surface area contributed by atoms with Crippen LogP contribution in [0.3, 0.4) is 0 Å². The highest BCUT2D eigenvalue weighted by atomic mass is 16.5. The number of rotatable bonds is 6. The van der Waals surface area contributed by atoms with E-state index in [0.29, 0.717) is 12.4 Å². The zero-order valence-electron chi connectivity index (χ0n) is 10.3. The molecule has 0 aromatic carbocycles. The van der Waals surface area contributed by atoms with Gasteiger partial charge in [0.15, 0.2) is 5.82 Å². The summed E-state index contributed by atoms with van der Waals surface area (Å²) in [5, 5.41) is 7.20. The average molecular weight is 234 g/mol. The summed E-state index contributed by atoms with van der Waals surface area (Å²) in [5.74, 6) is 1.43. The molecule has 0 amide bonds. The Hall–Kier alpha value is -1.62. The highest BCUT2D eigenvalue weighted by Crippen LogP contribution is 2.06. The summed E-state index contributed by atoms with van der Waals surface area (Å²) in [4.78, 5) is 4.31. The molecule has 0 saturated carbocycles. The normalized spacial score (nSPS) is 10.9. The molecule has 5 heteroatoms. The van der Waals surface area contributed by atoms with Gasteiger partial charge in [0.1, 0.15) is 6.54 Å². The highest BCUT2D eigenvalue weighted by molar-refractivity contribution is 5.08. The van der Waals surface area contributed by atoms with Crippen LogP contribution in [0.2, 0.25) is 0 Å². The third kappa shape index (κ3) is 2.94. The van der Waals surface area contributed by atoms with Gasteiger partial charge in [0.25, 0.3) is 0 Å². The number of aryl methyl sites for hydroxylation is 1. The standard InChI is InChI=1S/C12H18N4O/c1-3-11-14-12(17-15-11)9-16-7-5-6-10(16)8-13-4-2/h5-7,13H,3-4,8-9H2,1-2H3. The molecule has 92 valence electrons. The van der Waals surface area contributed by atoms with Crippen LogP contribution in [0, 0.1) is 0 Å². The molecular weight excluding hydrogens is 216 g/mol. The zero-order valence-corrected chi connectivity index (χ0v) is 10.3. The molecule has 17 heavy (non-hydrogen) atoms. The van der Waals surface area contributed by atoms with Gasteiger partial charge in [0.05, 0.1) is 0 Å². The molecule has 5 nitrogen and oxygen atoms in total. The maximum atomic E-state index is 5.19. The average Bonchev–Trinajstić information content (AvgIpc) is 2.96. The molecule has 0 fully saturated rings. The molecule has 0 atom stereocenters. The van der Waals surface area contributed by atoms with Crippen LogP contribution in [0.4, 0.5) is 0 Å². The molecule has 1 N–H and O–H groups in total. The molecule has 0 aliphatic carbocycles. The summed E-state index contributed by atoms with van der Waals surface area (Å²) in [6.45, 7) is 6.57. The molecule has 2 aromatic heterocycles.